The molecule has 18 nitrogen and oxygen atoms in total. The molecule has 0 aliphatic carbocycles. The Kier molecular flexibility index (Phi) is 34.1. The van der Waals surface area contributed by atoms with Crippen molar-refractivity contribution >= 4 is 129 Å². The first kappa shape index (κ1) is 84.0. The van der Waals surface area contributed by atoms with Crippen molar-refractivity contribution in [2.45, 2.75) is 130 Å². The zero-order valence-corrected chi connectivity index (χ0v) is 64.4. The van der Waals surface area contributed by atoms with Crippen LogP contribution in [-0.2, 0) is 59.0 Å². The summed E-state index contributed by atoms with van der Waals surface area (Å²) in [5.41, 5.74) is 0. The van der Waals surface area contributed by atoms with Gasteiger partial charge in [0.1, 0.15) is 46.8 Å². The van der Waals surface area contributed by atoms with E-state index in [1.807, 2.05) is 0 Å². The molecule has 0 aromatic heterocycles. The number of halogens is 6. The van der Waals surface area contributed by atoms with E-state index in [0.29, 0.717) is 37.1 Å². The second-order valence-electron chi connectivity index (χ2n) is 22.5. The predicted molar refractivity (Wildman–Crippen MR) is 383 cm³/mol. The minimum absolute atomic E-state index is 0.0244. The quantitative estimate of drug-likeness (QED) is 0.0331. The van der Waals surface area contributed by atoms with Crippen LogP contribution in [-0.4, -0.2) is 125 Å². The highest BCUT2D eigenvalue weighted by atomic mass is 35.5. The average molecular weight is 1570 g/mol. The van der Waals surface area contributed by atoms with E-state index in [4.69, 9.17) is 98.0 Å². The van der Waals surface area contributed by atoms with E-state index in [2.05, 4.69) is 20.8 Å². The monoisotopic (exact) mass is 1570 g/mol. The van der Waals surface area contributed by atoms with Gasteiger partial charge in [-0.05, 0) is 128 Å². The lowest BCUT2D eigenvalue weighted by Crippen LogP contribution is -2.21. The second-order valence-corrected chi connectivity index (χ2v) is 38.0. The van der Waals surface area contributed by atoms with Crippen molar-refractivity contribution in [2.24, 2.45) is 17.8 Å². The smallest absolute Gasteiger partial charge is 0.206 e. The molecule has 6 aromatic carbocycles. The summed E-state index contributed by atoms with van der Waals surface area (Å²) in [5.74, 6) is 1.37. The summed E-state index contributed by atoms with van der Waals surface area (Å²) >= 11 is 37.5. The fourth-order valence-corrected chi connectivity index (χ4v) is 18.2. The normalized spacial score (nSPS) is 13.0. The van der Waals surface area contributed by atoms with Crippen LogP contribution >= 0.6 is 69.6 Å². The zero-order valence-electron chi connectivity index (χ0n) is 54.9. The van der Waals surface area contributed by atoms with E-state index in [1.54, 1.807) is 77.9 Å². The molecule has 30 heteroatoms. The predicted octanol–water partition coefficient (Wildman–Crippen LogP) is 16.4. The summed E-state index contributed by atoms with van der Waals surface area (Å²) in [5, 5.41) is 0.173. The summed E-state index contributed by atoms with van der Waals surface area (Å²) in [6.07, 6.45) is 5.76. The van der Waals surface area contributed by atoms with Gasteiger partial charge in [-0.3, -0.25) is 0 Å². The van der Waals surface area contributed by atoms with Crippen molar-refractivity contribution in [3.8, 4) is 34.5 Å². The van der Waals surface area contributed by atoms with Crippen LogP contribution in [0.4, 0.5) is 0 Å². The van der Waals surface area contributed by atoms with Gasteiger partial charge in [0.15, 0.2) is 17.2 Å². The molecule has 0 heterocycles. The molecule has 0 saturated heterocycles. The molecule has 96 heavy (non-hydrogen) atoms. The number of hydrogen-bond donors (Lipinski definition) is 0. The Hall–Kier alpha value is -4.44. The van der Waals surface area contributed by atoms with Crippen LogP contribution in [0.5, 0.6) is 34.5 Å². The van der Waals surface area contributed by atoms with Crippen LogP contribution in [0.1, 0.15) is 101 Å². The highest BCUT2D eigenvalue weighted by Crippen LogP contribution is 2.41. The number of benzene rings is 6. The van der Waals surface area contributed by atoms with Crippen molar-refractivity contribution in [2.75, 3.05) is 74.2 Å². The van der Waals surface area contributed by atoms with Crippen LogP contribution in [0.3, 0.4) is 0 Å². The van der Waals surface area contributed by atoms with Crippen molar-refractivity contribution in [3.63, 3.8) is 0 Å². The molecule has 0 spiro atoms. The van der Waals surface area contributed by atoms with Gasteiger partial charge in [0.05, 0.1) is 116 Å². The maximum Gasteiger partial charge on any atom is 0.206 e. The van der Waals surface area contributed by atoms with Gasteiger partial charge in [-0.25, -0.2) is 50.5 Å². The first-order valence-corrected chi connectivity index (χ1v) is 43.1. The molecule has 0 radical (unpaired) electrons. The molecule has 534 valence electrons. The Morgan fingerprint density at radius 1 is 0.302 bits per heavy atom. The molecular weight excluding hydrogens is 1490 g/mol. The van der Waals surface area contributed by atoms with Crippen molar-refractivity contribution in [1.82, 2.24) is 0 Å². The van der Waals surface area contributed by atoms with Gasteiger partial charge < -0.3 is 28.4 Å². The van der Waals surface area contributed by atoms with Crippen molar-refractivity contribution in [3.05, 3.63) is 139 Å². The topological polar surface area (TPSA) is 260 Å². The third-order valence-corrected chi connectivity index (χ3v) is 26.8. The Morgan fingerprint density at radius 3 is 0.677 bits per heavy atom. The van der Waals surface area contributed by atoms with Crippen molar-refractivity contribution in [1.29, 1.82) is 0 Å². The van der Waals surface area contributed by atoms with E-state index in [0.717, 1.165) is 38.5 Å². The maximum absolute atomic E-state index is 13.0. The number of ether oxygens (including phenoxy) is 6. The molecule has 6 rings (SSSR count). The molecule has 6 aromatic rings. The molecule has 0 amide bonds. The third kappa shape index (κ3) is 26.3. The molecule has 3 atom stereocenters. The molecule has 0 saturated carbocycles. The largest absolute Gasteiger partial charge is 0.494 e. The second kappa shape index (κ2) is 39.0. The lowest BCUT2D eigenvalue weighted by Gasteiger charge is -2.16. The minimum Gasteiger partial charge on any atom is -0.494 e. The van der Waals surface area contributed by atoms with Gasteiger partial charge >= 0.3 is 0 Å². The highest BCUT2D eigenvalue weighted by molar-refractivity contribution is 7.92. The zero-order chi connectivity index (χ0) is 71.8. The van der Waals surface area contributed by atoms with Gasteiger partial charge in [0.25, 0.3) is 0 Å². The fraction of sp³-hybridized carbons (Fsp3) is 0.455. The van der Waals surface area contributed by atoms with Gasteiger partial charge in [0, 0.05) is 35.0 Å². The Labute approximate surface area is 598 Å². The average Bonchev–Trinajstić information content (AvgIpc) is 0.807. The molecule has 0 bridgehead atoms. The number of rotatable bonds is 36. The number of unbranched alkanes of at least 4 members (excludes halogenated alkanes) is 3. The number of sulfone groups is 6. The SMILES string of the molecule is CCCCOc1ccc(S(=O)(=O)c2cc(Cl)c(OCC(C)CS(=O)(=O)CC)c(Cl)c2)cc1.CCCCOc1ccc(S(=O)(=O)c2cc(Cl)c(OC[C@@H](C)CS(=O)(=O)CC)c(Cl)c2)cc1.CCCCOc1ccc(S(=O)(=O)c2cc(Cl)c(OC[C@H](C)CS(=O)(=O)CC)c(Cl)c2)cc1. The molecule has 0 N–H and O–H groups in total. The molecule has 1 unspecified atom stereocenters. The van der Waals surface area contributed by atoms with E-state index in [9.17, 15) is 50.5 Å². The van der Waals surface area contributed by atoms with E-state index in [1.165, 1.54) is 72.8 Å². The van der Waals surface area contributed by atoms with E-state index >= 15 is 0 Å². The Bertz CT molecular complexity index is 3700. The summed E-state index contributed by atoms with van der Waals surface area (Å²) in [4.78, 5) is 0.0435. The number of hydrogen-bond acceptors (Lipinski definition) is 18. The van der Waals surface area contributed by atoms with Crippen LogP contribution in [0, 0.1) is 17.8 Å². The summed E-state index contributed by atoms with van der Waals surface area (Å²) in [6.45, 7) is 18.1. The molecular formula is C66H84Cl6O18S6. The summed E-state index contributed by atoms with van der Waals surface area (Å²) in [7, 11) is -21.0. The summed E-state index contributed by atoms with van der Waals surface area (Å²) in [6, 6.07) is 26.1. The van der Waals surface area contributed by atoms with E-state index in [-0.39, 0.29) is 149 Å². The summed E-state index contributed by atoms with van der Waals surface area (Å²) < 4.78 is 182. The molecule has 0 fully saturated rings. The van der Waals surface area contributed by atoms with Gasteiger partial charge in [-0.15, -0.1) is 0 Å². The van der Waals surface area contributed by atoms with Crippen LogP contribution in [0.2, 0.25) is 30.1 Å². The standard InChI is InChI=1S/3C22H28Cl2O6S2/c3*1-4-6-11-29-17-7-9-18(10-8-17)32(27,28)19-12-20(23)22(21(24)13-19)30-14-16(3)15-31(25,26)5-2/h3*7-10,12-13,16H,4-6,11,14-15H2,1-3H3/t2*16-;/m10./s1. The van der Waals surface area contributed by atoms with Gasteiger partial charge in [-0.2, -0.15) is 0 Å². The molecule has 0 aliphatic rings. The fourth-order valence-electron chi connectivity index (χ4n) is 8.52. The van der Waals surface area contributed by atoms with Gasteiger partial charge in [0.2, 0.25) is 29.5 Å². The van der Waals surface area contributed by atoms with E-state index < -0.39 is 59.0 Å². The van der Waals surface area contributed by atoms with Crippen LogP contribution in [0.25, 0.3) is 0 Å². The lowest BCUT2D eigenvalue weighted by molar-refractivity contribution is 0.272. The Balaban J connectivity index is 0.000000306. The lowest BCUT2D eigenvalue weighted by atomic mass is 10.2. The van der Waals surface area contributed by atoms with Crippen LogP contribution in [0.15, 0.2) is 139 Å². The Morgan fingerprint density at radius 2 is 0.500 bits per heavy atom. The first-order valence-electron chi connectivity index (χ1n) is 30.9. The maximum atomic E-state index is 13.0. The van der Waals surface area contributed by atoms with Crippen molar-refractivity contribution < 1.29 is 78.9 Å². The third-order valence-electron chi connectivity index (χ3n) is 14.0. The highest BCUT2D eigenvalue weighted by Gasteiger charge is 2.27. The molecule has 0 aliphatic heterocycles. The minimum atomic E-state index is -3.86. The van der Waals surface area contributed by atoms with Gasteiger partial charge in [-0.1, -0.05) is 151 Å². The first-order chi connectivity index (χ1) is 45.0. The van der Waals surface area contributed by atoms with Crippen LogP contribution < -0.4 is 28.4 Å².